The number of hydrogen-bond acceptors (Lipinski definition) is 7. The molecule has 2 aromatic rings. The number of nitrogens with zero attached hydrogens (tertiary/aromatic N) is 4. The molecule has 2 aliphatic heterocycles. The number of non-ortho nitro benzene ring substituents is 1. The van der Waals surface area contributed by atoms with Gasteiger partial charge in [-0.25, -0.2) is 0 Å². The van der Waals surface area contributed by atoms with Crippen molar-refractivity contribution in [2.45, 2.75) is 6.54 Å². The van der Waals surface area contributed by atoms with E-state index in [-0.39, 0.29) is 16.8 Å². The molecule has 0 radical (unpaired) electrons. The van der Waals surface area contributed by atoms with E-state index < -0.39 is 29.2 Å². The van der Waals surface area contributed by atoms with Gasteiger partial charge in [0.25, 0.3) is 17.5 Å². The number of carbonyl (C=O) groups excluding carboxylic acids is 3. The zero-order valence-electron chi connectivity index (χ0n) is 17.6. The van der Waals surface area contributed by atoms with Gasteiger partial charge >= 0.3 is 0 Å². The second kappa shape index (κ2) is 8.85. The molecule has 166 valence electrons. The molecule has 4 rings (SSSR count). The van der Waals surface area contributed by atoms with Crippen molar-refractivity contribution in [3.63, 3.8) is 0 Å². The fourth-order valence-corrected chi connectivity index (χ4v) is 3.84. The van der Waals surface area contributed by atoms with E-state index in [9.17, 15) is 24.5 Å². The average Bonchev–Trinajstić information content (AvgIpc) is 3.01. The molecule has 1 fully saturated rings. The van der Waals surface area contributed by atoms with E-state index in [1.807, 2.05) is 12.1 Å². The van der Waals surface area contributed by atoms with Gasteiger partial charge in [0.1, 0.15) is 6.54 Å². The summed E-state index contributed by atoms with van der Waals surface area (Å²) >= 11 is 0. The first-order valence-electron chi connectivity index (χ1n) is 10.3. The lowest BCUT2D eigenvalue weighted by Crippen LogP contribution is -2.43. The highest BCUT2D eigenvalue weighted by Gasteiger charge is 2.37. The minimum absolute atomic E-state index is 0.0571. The lowest BCUT2D eigenvalue weighted by Gasteiger charge is -2.32. The lowest BCUT2D eigenvalue weighted by atomic mass is 10.1. The van der Waals surface area contributed by atoms with Crippen molar-refractivity contribution in [3.8, 4) is 0 Å². The van der Waals surface area contributed by atoms with Crippen LogP contribution in [0.15, 0.2) is 42.5 Å². The SMILES string of the molecule is CN1CCN(Cc2ccc(NC(=O)CN3C(=O)c4ccc([N+](=O)[O-])cc4C3=O)cc2)CC1. The number of amides is 3. The Balaban J connectivity index is 1.35. The number of hydrogen-bond donors (Lipinski definition) is 1. The minimum Gasteiger partial charge on any atom is -0.325 e. The van der Waals surface area contributed by atoms with Crippen molar-refractivity contribution < 1.29 is 19.3 Å². The average molecular weight is 437 g/mol. The quantitative estimate of drug-likeness (QED) is 0.414. The Bertz CT molecular complexity index is 1080. The topological polar surface area (TPSA) is 116 Å². The van der Waals surface area contributed by atoms with E-state index >= 15 is 0 Å². The zero-order valence-corrected chi connectivity index (χ0v) is 17.6. The Kier molecular flexibility index (Phi) is 5.97. The Morgan fingerprint density at radius 2 is 1.66 bits per heavy atom. The predicted octanol–water partition coefficient (Wildman–Crippen LogP) is 1.58. The van der Waals surface area contributed by atoms with E-state index in [2.05, 4.69) is 22.2 Å². The van der Waals surface area contributed by atoms with Crippen LogP contribution in [0.1, 0.15) is 26.3 Å². The molecule has 2 aromatic carbocycles. The van der Waals surface area contributed by atoms with Crippen LogP contribution in [0.2, 0.25) is 0 Å². The fraction of sp³-hybridized carbons (Fsp3) is 0.318. The fourth-order valence-electron chi connectivity index (χ4n) is 3.84. The number of benzene rings is 2. The van der Waals surface area contributed by atoms with Crippen molar-refractivity contribution >= 4 is 29.1 Å². The molecular formula is C22H23N5O5. The molecule has 0 saturated carbocycles. The molecule has 0 aliphatic carbocycles. The highest BCUT2D eigenvalue weighted by molar-refractivity contribution is 6.23. The first-order valence-corrected chi connectivity index (χ1v) is 10.3. The molecule has 10 nitrogen and oxygen atoms in total. The van der Waals surface area contributed by atoms with Crippen LogP contribution in [0.4, 0.5) is 11.4 Å². The first-order chi connectivity index (χ1) is 15.3. The summed E-state index contributed by atoms with van der Waals surface area (Å²) in [4.78, 5) is 53.2. The summed E-state index contributed by atoms with van der Waals surface area (Å²) in [5, 5.41) is 13.6. The van der Waals surface area contributed by atoms with Crippen molar-refractivity contribution in [1.29, 1.82) is 0 Å². The van der Waals surface area contributed by atoms with Crippen LogP contribution in [0.5, 0.6) is 0 Å². The Morgan fingerprint density at radius 3 is 2.31 bits per heavy atom. The molecule has 1 N–H and O–H groups in total. The van der Waals surface area contributed by atoms with E-state index in [1.165, 1.54) is 6.07 Å². The molecule has 0 spiro atoms. The van der Waals surface area contributed by atoms with Gasteiger partial charge in [0.15, 0.2) is 0 Å². The molecule has 2 heterocycles. The number of anilines is 1. The predicted molar refractivity (Wildman–Crippen MR) is 116 cm³/mol. The van der Waals surface area contributed by atoms with Gasteiger partial charge in [0.05, 0.1) is 16.1 Å². The maximum atomic E-state index is 12.5. The van der Waals surface area contributed by atoms with E-state index in [0.717, 1.165) is 55.3 Å². The monoisotopic (exact) mass is 437 g/mol. The second-order valence-electron chi connectivity index (χ2n) is 8.01. The summed E-state index contributed by atoms with van der Waals surface area (Å²) in [5.74, 6) is -1.88. The summed E-state index contributed by atoms with van der Waals surface area (Å²) in [6.07, 6.45) is 0. The number of rotatable bonds is 6. The van der Waals surface area contributed by atoms with Crippen LogP contribution in [0.25, 0.3) is 0 Å². The highest BCUT2D eigenvalue weighted by Crippen LogP contribution is 2.26. The van der Waals surface area contributed by atoms with Crippen LogP contribution < -0.4 is 5.32 Å². The number of nitro benzene ring substituents is 1. The molecule has 1 saturated heterocycles. The molecule has 3 amide bonds. The molecule has 0 aromatic heterocycles. The number of fused-ring (bicyclic) bond motifs is 1. The lowest BCUT2D eigenvalue weighted by molar-refractivity contribution is -0.384. The third-order valence-corrected chi connectivity index (χ3v) is 5.71. The van der Waals surface area contributed by atoms with Gasteiger partial charge in [-0.3, -0.25) is 34.3 Å². The summed E-state index contributed by atoms with van der Waals surface area (Å²) < 4.78 is 0. The number of piperazine rings is 1. The van der Waals surface area contributed by atoms with E-state index in [0.29, 0.717) is 5.69 Å². The Hall–Kier alpha value is -3.63. The van der Waals surface area contributed by atoms with E-state index in [1.54, 1.807) is 12.1 Å². The van der Waals surface area contributed by atoms with Crippen molar-refractivity contribution in [3.05, 3.63) is 69.3 Å². The number of nitrogens with one attached hydrogen (secondary N) is 1. The molecule has 10 heteroatoms. The van der Waals surface area contributed by atoms with Crippen LogP contribution in [0, 0.1) is 10.1 Å². The smallest absolute Gasteiger partial charge is 0.270 e. The molecular weight excluding hydrogens is 414 g/mol. The minimum atomic E-state index is -0.716. The Labute approximate surface area is 184 Å². The Morgan fingerprint density at radius 1 is 1.00 bits per heavy atom. The summed E-state index contributed by atoms with van der Waals surface area (Å²) in [7, 11) is 2.11. The standard InChI is InChI=1S/C22H23N5O5/c1-24-8-10-25(11-9-24)13-15-2-4-16(5-3-15)23-20(28)14-26-21(29)18-7-6-17(27(31)32)12-19(18)22(26)30/h2-7,12H,8-11,13-14H2,1H3,(H,23,28). The van der Waals surface area contributed by atoms with Crippen LogP contribution in [0.3, 0.4) is 0 Å². The van der Waals surface area contributed by atoms with Gasteiger partial charge in [0, 0.05) is 50.5 Å². The summed E-state index contributed by atoms with van der Waals surface area (Å²) in [6, 6.07) is 10.9. The largest absolute Gasteiger partial charge is 0.325 e. The summed E-state index contributed by atoms with van der Waals surface area (Å²) in [5.41, 5.74) is 1.40. The van der Waals surface area contributed by atoms with Gasteiger partial charge in [0.2, 0.25) is 5.91 Å². The molecule has 2 aliphatic rings. The molecule has 0 atom stereocenters. The second-order valence-corrected chi connectivity index (χ2v) is 8.01. The maximum absolute atomic E-state index is 12.5. The van der Waals surface area contributed by atoms with Crippen molar-refractivity contribution in [1.82, 2.24) is 14.7 Å². The van der Waals surface area contributed by atoms with Gasteiger partial charge < -0.3 is 10.2 Å². The van der Waals surface area contributed by atoms with Gasteiger partial charge in [-0.1, -0.05) is 12.1 Å². The van der Waals surface area contributed by atoms with Crippen LogP contribution in [-0.2, 0) is 11.3 Å². The van der Waals surface area contributed by atoms with Gasteiger partial charge in [-0.15, -0.1) is 0 Å². The van der Waals surface area contributed by atoms with Gasteiger partial charge in [-0.05, 0) is 30.8 Å². The third-order valence-electron chi connectivity index (χ3n) is 5.71. The molecule has 0 unspecified atom stereocenters. The van der Waals surface area contributed by atoms with Crippen molar-refractivity contribution in [2.24, 2.45) is 0 Å². The van der Waals surface area contributed by atoms with Gasteiger partial charge in [-0.2, -0.15) is 0 Å². The number of imide groups is 1. The summed E-state index contributed by atoms with van der Waals surface area (Å²) in [6.45, 7) is 4.47. The molecule has 0 bridgehead atoms. The highest BCUT2D eigenvalue weighted by atomic mass is 16.6. The normalized spacial score (nSPS) is 16.8. The van der Waals surface area contributed by atoms with Crippen LogP contribution in [-0.4, -0.2) is 77.1 Å². The maximum Gasteiger partial charge on any atom is 0.270 e. The first kappa shape index (κ1) is 21.6. The van der Waals surface area contributed by atoms with Crippen molar-refractivity contribution in [2.75, 3.05) is 45.1 Å². The molecule has 32 heavy (non-hydrogen) atoms. The number of likely N-dealkylation sites (N-methyl/N-ethyl adjacent to an activating group) is 1. The number of carbonyl (C=O) groups is 3. The van der Waals surface area contributed by atoms with E-state index in [4.69, 9.17) is 0 Å². The van der Waals surface area contributed by atoms with Crippen LogP contribution >= 0.6 is 0 Å². The zero-order chi connectivity index (χ0) is 22.8. The number of nitro groups is 1. The third kappa shape index (κ3) is 4.51.